The van der Waals surface area contributed by atoms with Gasteiger partial charge in [0, 0.05) is 6.54 Å². The zero-order valence-electron chi connectivity index (χ0n) is 10.4. The molecule has 0 bridgehead atoms. The number of benzene rings is 1. The molecule has 0 aromatic heterocycles. The average Bonchev–Trinajstić information content (AvgIpc) is 2.36. The minimum Gasteiger partial charge on any atom is -0.392 e. The maximum atomic E-state index is 12.1. The highest BCUT2D eigenvalue weighted by Gasteiger charge is 2.22. The van der Waals surface area contributed by atoms with Crippen molar-refractivity contribution in [3.63, 3.8) is 0 Å². The van der Waals surface area contributed by atoms with E-state index in [9.17, 15) is 4.79 Å². The maximum Gasteiger partial charge on any atom is 0.234 e. The normalized spacial score (nSPS) is 11.8. The fourth-order valence-corrected chi connectivity index (χ4v) is 2.30. The Hall–Kier alpha value is -1.07. The number of thiocarbonyl (C=S) groups is 1. The van der Waals surface area contributed by atoms with Crippen molar-refractivity contribution >= 4 is 34.9 Å². The molecule has 5 heteroatoms. The summed E-state index contributed by atoms with van der Waals surface area (Å²) in [5.41, 5.74) is 6.51. The van der Waals surface area contributed by atoms with Gasteiger partial charge in [0.2, 0.25) is 5.91 Å². The van der Waals surface area contributed by atoms with Crippen LogP contribution in [0.15, 0.2) is 30.3 Å². The van der Waals surface area contributed by atoms with E-state index in [0.717, 1.165) is 17.7 Å². The predicted molar refractivity (Wildman–Crippen MR) is 82.0 cm³/mol. The van der Waals surface area contributed by atoms with Gasteiger partial charge >= 0.3 is 0 Å². The summed E-state index contributed by atoms with van der Waals surface area (Å²) in [6, 6.07) is 9.39. The molecule has 3 N–H and O–H groups in total. The highest BCUT2D eigenvalue weighted by atomic mass is 32.2. The van der Waals surface area contributed by atoms with E-state index in [0.29, 0.717) is 6.54 Å². The summed E-state index contributed by atoms with van der Waals surface area (Å²) in [7, 11) is 0. The third-order valence-corrected chi connectivity index (χ3v) is 3.44. The quantitative estimate of drug-likeness (QED) is 0.593. The first-order valence-corrected chi connectivity index (χ1v) is 7.58. The average molecular weight is 282 g/mol. The Morgan fingerprint density at radius 1 is 1.44 bits per heavy atom. The van der Waals surface area contributed by atoms with Crippen molar-refractivity contribution in [2.75, 3.05) is 18.6 Å². The maximum absolute atomic E-state index is 12.1. The van der Waals surface area contributed by atoms with Crippen molar-refractivity contribution in [2.24, 2.45) is 5.73 Å². The fourth-order valence-electron chi connectivity index (χ4n) is 1.62. The molecule has 0 aliphatic rings. The number of nitrogens with one attached hydrogen (secondary N) is 1. The molecule has 0 aliphatic carbocycles. The number of carbonyl (C=O) groups is 1. The lowest BCUT2D eigenvalue weighted by molar-refractivity contribution is -0.121. The summed E-state index contributed by atoms with van der Waals surface area (Å²) in [5.74, 6) is 0.383. The molecule has 0 saturated heterocycles. The van der Waals surface area contributed by atoms with Gasteiger partial charge in [-0.25, -0.2) is 0 Å². The van der Waals surface area contributed by atoms with Crippen molar-refractivity contribution in [3.05, 3.63) is 35.9 Å². The van der Waals surface area contributed by atoms with Crippen molar-refractivity contribution in [3.8, 4) is 0 Å². The van der Waals surface area contributed by atoms with Crippen LogP contribution in [-0.2, 0) is 4.79 Å². The van der Waals surface area contributed by atoms with Crippen LogP contribution in [0.3, 0.4) is 0 Å². The first kappa shape index (κ1) is 15.0. The first-order valence-electron chi connectivity index (χ1n) is 5.77. The monoisotopic (exact) mass is 282 g/mol. The predicted octanol–water partition coefficient (Wildman–Crippen LogP) is 1.93. The largest absolute Gasteiger partial charge is 0.392 e. The molecule has 1 amide bonds. The molecule has 0 saturated carbocycles. The second-order valence-electron chi connectivity index (χ2n) is 3.88. The number of rotatable bonds is 7. The van der Waals surface area contributed by atoms with Gasteiger partial charge < -0.3 is 11.1 Å². The summed E-state index contributed by atoms with van der Waals surface area (Å²) in [6.07, 6.45) is 3.00. The van der Waals surface area contributed by atoms with E-state index < -0.39 is 5.92 Å². The molecule has 1 rings (SSSR count). The van der Waals surface area contributed by atoms with Crippen LogP contribution >= 0.6 is 24.0 Å². The van der Waals surface area contributed by atoms with E-state index in [1.807, 2.05) is 36.6 Å². The van der Waals surface area contributed by atoms with Gasteiger partial charge in [-0.3, -0.25) is 4.79 Å². The second kappa shape index (κ2) is 8.11. The van der Waals surface area contributed by atoms with Gasteiger partial charge in [0.05, 0.1) is 4.99 Å². The van der Waals surface area contributed by atoms with Crippen molar-refractivity contribution in [2.45, 2.75) is 12.3 Å². The van der Waals surface area contributed by atoms with E-state index in [-0.39, 0.29) is 10.9 Å². The number of amides is 1. The molecule has 1 aromatic carbocycles. The number of thioether (sulfide) groups is 1. The summed E-state index contributed by atoms with van der Waals surface area (Å²) in [4.78, 5) is 12.3. The zero-order chi connectivity index (χ0) is 13.4. The van der Waals surface area contributed by atoms with Crippen LogP contribution in [0.5, 0.6) is 0 Å². The van der Waals surface area contributed by atoms with Crippen LogP contribution in [0.2, 0.25) is 0 Å². The van der Waals surface area contributed by atoms with Gasteiger partial charge in [-0.1, -0.05) is 42.5 Å². The molecule has 1 unspecified atom stereocenters. The van der Waals surface area contributed by atoms with Gasteiger partial charge in [-0.05, 0) is 24.0 Å². The topological polar surface area (TPSA) is 55.1 Å². The van der Waals surface area contributed by atoms with Gasteiger partial charge in [-0.15, -0.1) is 0 Å². The summed E-state index contributed by atoms with van der Waals surface area (Å²) < 4.78 is 0. The van der Waals surface area contributed by atoms with Crippen LogP contribution in [0, 0.1) is 0 Å². The van der Waals surface area contributed by atoms with Gasteiger partial charge in [0.25, 0.3) is 0 Å². The molecule has 18 heavy (non-hydrogen) atoms. The Morgan fingerprint density at radius 2 is 2.11 bits per heavy atom. The highest BCUT2D eigenvalue weighted by Crippen LogP contribution is 2.16. The molecular formula is C13H18N2OS2. The smallest absolute Gasteiger partial charge is 0.234 e. The molecule has 1 aromatic rings. The Morgan fingerprint density at radius 3 is 2.67 bits per heavy atom. The minimum absolute atomic E-state index is 0.116. The standard InChI is InChI=1S/C13H18N2OS2/c1-18-9-5-8-15-13(16)11(12(14)17)10-6-3-2-4-7-10/h2-4,6-7,11H,5,8-9H2,1H3,(H2,14,17)(H,15,16). The Labute approximate surface area is 118 Å². The van der Waals surface area contributed by atoms with Gasteiger partial charge in [-0.2, -0.15) is 11.8 Å². The SMILES string of the molecule is CSCCCNC(=O)C(C(N)=S)c1ccccc1. The molecule has 0 aliphatic heterocycles. The highest BCUT2D eigenvalue weighted by molar-refractivity contribution is 7.98. The Bertz CT molecular complexity index is 395. The molecule has 98 valence electrons. The van der Waals surface area contributed by atoms with Crippen LogP contribution < -0.4 is 11.1 Å². The van der Waals surface area contributed by atoms with E-state index in [1.54, 1.807) is 11.8 Å². The Balaban J connectivity index is 2.63. The van der Waals surface area contributed by atoms with E-state index in [1.165, 1.54) is 0 Å². The number of hydrogen-bond acceptors (Lipinski definition) is 3. The minimum atomic E-state index is -0.532. The molecular weight excluding hydrogens is 264 g/mol. The van der Waals surface area contributed by atoms with Crippen LogP contribution in [0.1, 0.15) is 17.9 Å². The van der Waals surface area contributed by atoms with Crippen LogP contribution in [0.25, 0.3) is 0 Å². The second-order valence-corrected chi connectivity index (χ2v) is 5.34. The molecule has 3 nitrogen and oxygen atoms in total. The summed E-state index contributed by atoms with van der Waals surface area (Å²) in [6.45, 7) is 0.658. The lowest BCUT2D eigenvalue weighted by Gasteiger charge is -2.15. The van der Waals surface area contributed by atoms with Gasteiger partial charge in [0.15, 0.2) is 0 Å². The number of hydrogen-bond donors (Lipinski definition) is 2. The van der Waals surface area contributed by atoms with Crippen molar-refractivity contribution in [1.29, 1.82) is 0 Å². The molecule has 0 spiro atoms. The first-order chi connectivity index (χ1) is 8.66. The van der Waals surface area contributed by atoms with Crippen molar-refractivity contribution < 1.29 is 4.79 Å². The fraction of sp³-hybridized carbons (Fsp3) is 0.385. The number of nitrogens with two attached hydrogens (primary N) is 1. The zero-order valence-corrected chi connectivity index (χ0v) is 12.0. The van der Waals surface area contributed by atoms with Crippen LogP contribution in [-0.4, -0.2) is 29.4 Å². The van der Waals surface area contributed by atoms with Crippen molar-refractivity contribution in [1.82, 2.24) is 5.32 Å². The Kier molecular flexibility index (Phi) is 6.75. The third kappa shape index (κ3) is 4.66. The molecule has 1 atom stereocenters. The van der Waals surface area contributed by atoms with E-state index >= 15 is 0 Å². The van der Waals surface area contributed by atoms with Crippen LogP contribution in [0.4, 0.5) is 0 Å². The number of carbonyl (C=O) groups excluding carboxylic acids is 1. The lowest BCUT2D eigenvalue weighted by atomic mass is 9.98. The molecule has 0 fully saturated rings. The lowest BCUT2D eigenvalue weighted by Crippen LogP contribution is -2.36. The van der Waals surface area contributed by atoms with E-state index in [4.69, 9.17) is 18.0 Å². The van der Waals surface area contributed by atoms with E-state index in [2.05, 4.69) is 5.32 Å². The third-order valence-electron chi connectivity index (χ3n) is 2.50. The summed E-state index contributed by atoms with van der Waals surface area (Å²) in [5, 5.41) is 2.88. The molecule has 0 heterocycles. The van der Waals surface area contributed by atoms with Gasteiger partial charge in [0.1, 0.15) is 5.92 Å². The summed E-state index contributed by atoms with van der Waals surface area (Å²) >= 11 is 6.75. The molecule has 0 radical (unpaired) electrons.